The number of nitrogens with one attached hydrogen (secondary N) is 2. The minimum atomic E-state index is 0.421. The summed E-state index contributed by atoms with van der Waals surface area (Å²) < 4.78 is 11.8. The van der Waals surface area contributed by atoms with Crippen LogP contribution >= 0.6 is 0 Å². The average molecular weight is 298 g/mol. The summed E-state index contributed by atoms with van der Waals surface area (Å²) in [5.41, 5.74) is 0. The first-order valence-electron chi connectivity index (χ1n) is 8.49. The second-order valence-electron chi connectivity index (χ2n) is 6.39. The number of rotatable bonds is 5. The Kier molecular flexibility index (Phi) is 6.26. The lowest BCUT2D eigenvalue weighted by Crippen LogP contribution is -2.47. The molecular formula is C15H30N4O2. The van der Waals surface area contributed by atoms with E-state index in [1.807, 2.05) is 0 Å². The minimum Gasteiger partial charge on any atom is -0.363 e. The van der Waals surface area contributed by atoms with Crippen molar-refractivity contribution < 1.29 is 9.47 Å². The van der Waals surface area contributed by atoms with Crippen LogP contribution in [0.2, 0.25) is 0 Å². The Bertz CT molecular complexity index is 285. The maximum atomic E-state index is 6.09. The van der Waals surface area contributed by atoms with Crippen molar-refractivity contribution >= 4 is 0 Å². The van der Waals surface area contributed by atoms with E-state index in [-0.39, 0.29) is 0 Å². The minimum absolute atomic E-state index is 0.421. The molecule has 0 spiro atoms. The Morgan fingerprint density at radius 1 is 0.905 bits per heavy atom. The van der Waals surface area contributed by atoms with Gasteiger partial charge in [0, 0.05) is 45.8 Å². The molecule has 122 valence electrons. The zero-order chi connectivity index (χ0) is 14.3. The number of piperidine rings is 1. The Balaban J connectivity index is 1.29. The fourth-order valence-corrected chi connectivity index (χ4v) is 3.34. The number of piperazine rings is 1. The molecule has 2 N–H and O–H groups in total. The third-order valence-corrected chi connectivity index (χ3v) is 4.76. The monoisotopic (exact) mass is 298 g/mol. The third kappa shape index (κ3) is 5.16. The molecule has 0 aromatic heterocycles. The van der Waals surface area contributed by atoms with Crippen LogP contribution in [-0.4, -0.2) is 87.8 Å². The predicted octanol–water partition coefficient (Wildman–Crippen LogP) is -0.334. The van der Waals surface area contributed by atoms with Gasteiger partial charge in [0.2, 0.25) is 0 Å². The lowest BCUT2D eigenvalue weighted by atomic mass is 10.1. The second-order valence-corrected chi connectivity index (χ2v) is 6.39. The summed E-state index contributed by atoms with van der Waals surface area (Å²) >= 11 is 0. The van der Waals surface area contributed by atoms with Crippen LogP contribution in [0.4, 0.5) is 0 Å². The average Bonchev–Trinajstić information content (AvgIpc) is 2.56. The van der Waals surface area contributed by atoms with Crippen molar-refractivity contribution in [1.82, 2.24) is 20.4 Å². The van der Waals surface area contributed by atoms with E-state index in [0.29, 0.717) is 12.2 Å². The van der Waals surface area contributed by atoms with E-state index in [0.717, 1.165) is 85.1 Å². The van der Waals surface area contributed by atoms with Crippen LogP contribution in [0.5, 0.6) is 0 Å². The van der Waals surface area contributed by atoms with Gasteiger partial charge in [-0.25, -0.2) is 0 Å². The van der Waals surface area contributed by atoms with Crippen molar-refractivity contribution in [1.29, 1.82) is 0 Å². The summed E-state index contributed by atoms with van der Waals surface area (Å²) in [6.45, 7) is 10.4. The number of hydrogen-bond donors (Lipinski definition) is 2. The fourth-order valence-electron chi connectivity index (χ4n) is 3.34. The normalized spacial score (nSPS) is 30.6. The summed E-state index contributed by atoms with van der Waals surface area (Å²) in [4.78, 5) is 4.95. The van der Waals surface area contributed by atoms with Gasteiger partial charge in [0.05, 0.1) is 25.7 Å². The molecule has 1 unspecified atom stereocenters. The molecule has 0 radical (unpaired) electrons. The highest BCUT2D eigenvalue weighted by molar-refractivity contribution is 4.77. The van der Waals surface area contributed by atoms with Gasteiger partial charge < -0.3 is 19.7 Å². The molecule has 3 fully saturated rings. The molecular weight excluding hydrogens is 268 g/mol. The van der Waals surface area contributed by atoms with Crippen LogP contribution in [0.15, 0.2) is 0 Å². The summed E-state index contributed by atoms with van der Waals surface area (Å²) in [5.74, 6) is 0. The van der Waals surface area contributed by atoms with Gasteiger partial charge in [0.15, 0.2) is 0 Å². The van der Waals surface area contributed by atoms with Crippen molar-refractivity contribution in [3.8, 4) is 0 Å². The maximum Gasteiger partial charge on any atom is 0.0994 e. The molecule has 21 heavy (non-hydrogen) atoms. The molecule has 3 rings (SSSR count). The largest absolute Gasteiger partial charge is 0.363 e. The van der Waals surface area contributed by atoms with E-state index in [4.69, 9.17) is 9.47 Å². The van der Waals surface area contributed by atoms with Gasteiger partial charge in [0.25, 0.3) is 0 Å². The molecule has 3 heterocycles. The van der Waals surface area contributed by atoms with E-state index < -0.39 is 0 Å². The Hall–Kier alpha value is -0.240. The number of hydrogen-bond acceptors (Lipinski definition) is 6. The molecule has 0 aliphatic carbocycles. The van der Waals surface area contributed by atoms with E-state index in [2.05, 4.69) is 20.4 Å². The van der Waals surface area contributed by atoms with Crippen LogP contribution < -0.4 is 10.6 Å². The van der Waals surface area contributed by atoms with Crippen LogP contribution in [0.25, 0.3) is 0 Å². The van der Waals surface area contributed by atoms with Gasteiger partial charge in [-0.05, 0) is 25.8 Å². The first-order chi connectivity index (χ1) is 10.4. The van der Waals surface area contributed by atoms with Crippen molar-refractivity contribution in [2.45, 2.75) is 31.5 Å². The van der Waals surface area contributed by atoms with Crippen molar-refractivity contribution in [3.05, 3.63) is 0 Å². The molecule has 3 aliphatic rings. The molecule has 0 amide bonds. The smallest absolute Gasteiger partial charge is 0.0994 e. The molecule has 3 aliphatic heterocycles. The third-order valence-electron chi connectivity index (χ3n) is 4.76. The Morgan fingerprint density at radius 2 is 1.71 bits per heavy atom. The van der Waals surface area contributed by atoms with Gasteiger partial charge >= 0.3 is 0 Å². The lowest BCUT2D eigenvalue weighted by Gasteiger charge is -2.36. The summed E-state index contributed by atoms with van der Waals surface area (Å²) in [7, 11) is 0. The summed E-state index contributed by atoms with van der Waals surface area (Å²) in [6.07, 6.45) is 4.34. The molecule has 1 atom stereocenters. The lowest BCUT2D eigenvalue weighted by molar-refractivity contribution is -0.0615. The maximum absolute atomic E-state index is 6.09. The van der Waals surface area contributed by atoms with Crippen LogP contribution in [0.1, 0.15) is 19.3 Å². The highest BCUT2D eigenvalue weighted by Crippen LogP contribution is 2.16. The summed E-state index contributed by atoms with van der Waals surface area (Å²) in [5, 5.41) is 6.61. The molecule has 0 bridgehead atoms. The standard InChI is InChI=1S/C15H30N4O2/c1-4-17-12-20-15(1)11-18-7-2-14(3-8-18)21-13-19-9-5-16-6-10-19/h14-17H,1-13H2. The summed E-state index contributed by atoms with van der Waals surface area (Å²) in [6, 6.07) is 0. The van der Waals surface area contributed by atoms with Gasteiger partial charge in [-0.3, -0.25) is 10.2 Å². The molecule has 3 saturated heterocycles. The first kappa shape index (κ1) is 15.6. The van der Waals surface area contributed by atoms with E-state index in [9.17, 15) is 0 Å². The van der Waals surface area contributed by atoms with Gasteiger partial charge in [-0.15, -0.1) is 0 Å². The fraction of sp³-hybridized carbons (Fsp3) is 1.00. The Labute approximate surface area is 128 Å². The number of ether oxygens (including phenoxy) is 2. The molecule has 6 nitrogen and oxygen atoms in total. The van der Waals surface area contributed by atoms with Gasteiger partial charge in [0.1, 0.15) is 0 Å². The van der Waals surface area contributed by atoms with E-state index in [1.165, 1.54) is 0 Å². The van der Waals surface area contributed by atoms with E-state index in [1.54, 1.807) is 0 Å². The highest BCUT2D eigenvalue weighted by Gasteiger charge is 2.24. The number of nitrogens with zero attached hydrogens (tertiary/aromatic N) is 2. The zero-order valence-corrected chi connectivity index (χ0v) is 13.1. The van der Waals surface area contributed by atoms with Crippen molar-refractivity contribution in [2.24, 2.45) is 0 Å². The first-order valence-corrected chi connectivity index (χ1v) is 8.49. The molecule has 0 aromatic rings. The van der Waals surface area contributed by atoms with Crippen LogP contribution in [0.3, 0.4) is 0 Å². The number of likely N-dealkylation sites (tertiary alicyclic amines) is 1. The van der Waals surface area contributed by atoms with Crippen LogP contribution in [-0.2, 0) is 9.47 Å². The topological polar surface area (TPSA) is 49.0 Å². The quantitative estimate of drug-likeness (QED) is 0.725. The van der Waals surface area contributed by atoms with Crippen molar-refractivity contribution in [2.75, 3.05) is 65.8 Å². The predicted molar refractivity (Wildman–Crippen MR) is 82.2 cm³/mol. The van der Waals surface area contributed by atoms with Crippen LogP contribution in [0, 0.1) is 0 Å². The van der Waals surface area contributed by atoms with E-state index >= 15 is 0 Å². The molecule has 6 heteroatoms. The zero-order valence-electron chi connectivity index (χ0n) is 13.1. The molecule has 0 aromatic carbocycles. The second kappa shape index (κ2) is 8.41. The Morgan fingerprint density at radius 3 is 2.43 bits per heavy atom. The highest BCUT2D eigenvalue weighted by atomic mass is 16.5. The van der Waals surface area contributed by atoms with Crippen molar-refractivity contribution in [3.63, 3.8) is 0 Å². The van der Waals surface area contributed by atoms with Gasteiger partial charge in [-0.2, -0.15) is 0 Å². The SMILES string of the molecule is C1CN(COC2CCN(CC3CCNCO3)CC2)CCN1. The molecule has 0 saturated carbocycles. The van der Waals surface area contributed by atoms with Gasteiger partial charge in [-0.1, -0.05) is 0 Å².